The third-order valence-corrected chi connectivity index (χ3v) is 9.89. The van der Waals surface area contributed by atoms with Crippen LogP contribution in [0.3, 0.4) is 0 Å². The van der Waals surface area contributed by atoms with E-state index in [1.807, 2.05) is 9.44 Å². The highest BCUT2D eigenvalue weighted by atomic mass is 32.2. The van der Waals surface area contributed by atoms with E-state index in [1.165, 1.54) is 73.7 Å². The fourth-order valence-corrected chi connectivity index (χ4v) is 6.44. The number of nitrogens with one attached hydrogen (secondary N) is 8. The normalized spacial score (nSPS) is 11.0. The fraction of sp³-hybridized carbons (Fsp3) is 0.0286. The van der Waals surface area contributed by atoms with Gasteiger partial charge in [0.15, 0.2) is 0 Å². The average Bonchev–Trinajstić information content (AvgIpc) is 3.11. The summed E-state index contributed by atoms with van der Waals surface area (Å²) in [5.74, 6) is 0. The summed E-state index contributed by atoms with van der Waals surface area (Å²) in [4.78, 5) is 49.3. The Balaban J connectivity index is 1.13. The van der Waals surface area contributed by atoms with E-state index in [4.69, 9.17) is 0 Å². The standard InChI is InChI=1S/C35H32N8O8S2/c1-23-30(40-34(46)42-52(48,49)28-19-15-26(16-20-28)38-32(44)36-24-9-4-2-5-10-24)13-8-14-31(23)41-35(47)43-53(50,51)29-21-17-27(18-22-29)39-33(45)37-25-11-6-3-7-12-25/h2-22H,1H3,(H2,36,38,44)(H2,37,39,45)(H2,40,42,46)(H2,41,43,47). The molecule has 0 aliphatic heterocycles. The highest BCUT2D eigenvalue weighted by Crippen LogP contribution is 2.24. The van der Waals surface area contributed by atoms with Crippen molar-refractivity contribution in [2.75, 3.05) is 31.9 Å². The molecule has 0 spiro atoms. The van der Waals surface area contributed by atoms with Crippen LogP contribution in [0.25, 0.3) is 0 Å². The Morgan fingerprint density at radius 3 is 1.04 bits per heavy atom. The van der Waals surface area contributed by atoms with Crippen LogP contribution in [0.15, 0.2) is 137 Å². The topological polar surface area (TPSA) is 233 Å². The van der Waals surface area contributed by atoms with Crippen LogP contribution in [0.5, 0.6) is 0 Å². The maximum atomic E-state index is 12.9. The molecule has 0 atom stereocenters. The fourth-order valence-electron chi connectivity index (χ4n) is 4.63. The zero-order chi connectivity index (χ0) is 38.0. The molecule has 5 aromatic carbocycles. The maximum absolute atomic E-state index is 12.9. The van der Waals surface area contributed by atoms with Crippen LogP contribution in [0, 0.1) is 6.92 Å². The third-order valence-electron chi connectivity index (χ3n) is 7.19. The van der Waals surface area contributed by atoms with E-state index in [1.54, 1.807) is 60.7 Å². The van der Waals surface area contributed by atoms with Gasteiger partial charge in [0.05, 0.1) is 9.79 Å². The first-order chi connectivity index (χ1) is 25.3. The first-order valence-electron chi connectivity index (χ1n) is 15.5. The van der Waals surface area contributed by atoms with Crippen LogP contribution in [0.1, 0.15) is 5.56 Å². The number of anilines is 6. The van der Waals surface area contributed by atoms with Gasteiger partial charge in [-0.05, 0) is 97.4 Å². The molecule has 18 heteroatoms. The SMILES string of the molecule is Cc1c(NC(=O)NS(=O)(=O)c2ccc(NC(=O)Nc3ccccc3)cc2)cccc1NC(=O)NS(=O)(=O)c1ccc(NC(=O)Nc2ccccc2)cc1. The largest absolute Gasteiger partial charge is 0.333 e. The monoisotopic (exact) mass is 756 g/mol. The predicted octanol–water partition coefficient (Wildman–Crippen LogP) is 6.30. The molecular formula is C35H32N8O8S2. The average molecular weight is 757 g/mol. The lowest BCUT2D eigenvalue weighted by Gasteiger charge is -2.15. The van der Waals surface area contributed by atoms with Crippen molar-refractivity contribution in [1.82, 2.24) is 9.44 Å². The molecule has 0 bridgehead atoms. The minimum absolute atomic E-state index is 0.113. The van der Waals surface area contributed by atoms with E-state index in [0.29, 0.717) is 22.7 Å². The van der Waals surface area contributed by atoms with Gasteiger partial charge in [-0.3, -0.25) is 0 Å². The molecule has 8 amide bonds. The quantitative estimate of drug-likeness (QED) is 0.0803. The zero-order valence-electron chi connectivity index (χ0n) is 27.7. The molecule has 272 valence electrons. The summed E-state index contributed by atoms with van der Waals surface area (Å²) in [5, 5.41) is 15.2. The molecule has 0 unspecified atom stereocenters. The number of hydrogen-bond donors (Lipinski definition) is 8. The Bertz CT molecular complexity index is 2180. The van der Waals surface area contributed by atoms with Crippen LogP contribution in [-0.4, -0.2) is 41.0 Å². The number of amides is 8. The van der Waals surface area contributed by atoms with Crippen molar-refractivity contribution in [2.45, 2.75) is 16.7 Å². The van der Waals surface area contributed by atoms with Gasteiger partial charge in [0.25, 0.3) is 20.0 Å². The van der Waals surface area contributed by atoms with Crippen LogP contribution >= 0.6 is 0 Å². The number of urea groups is 4. The van der Waals surface area contributed by atoms with Gasteiger partial charge in [0.1, 0.15) is 0 Å². The van der Waals surface area contributed by atoms with Gasteiger partial charge >= 0.3 is 24.1 Å². The van der Waals surface area contributed by atoms with Crippen molar-refractivity contribution in [1.29, 1.82) is 0 Å². The molecule has 5 aromatic rings. The second-order valence-electron chi connectivity index (χ2n) is 11.0. The molecule has 0 heterocycles. The maximum Gasteiger partial charge on any atom is 0.333 e. The van der Waals surface area contributed by atoms with Gasteiger partial charge in [0.2, 0.25) is 0 Å². The Kier molecular flexibility index (Phi) is 11.6. The summed E-state index contributed by atoms with van der Waals surface area (Å²) < 4.78 is 55.3. The highest BCUT2D eigenvalue weighted by molar-refractivity contribution is 7.90. The summed E-state index contributed by atoms with van der Waals surface area (Å²) in [6, 6.07) is 28.6. The van der Waals surface area contributed by atoms with Crippen LogP contribution < -0.4 is 41.3 Å². The number of benzene rings is 5. The third kappa shape index (κ3) is 10.5. The lowest BCUT2D eigenvalue weighted by Crippen LogP contribution is -2.35. The van der Waals surface area contributed by atoms with Crippen molar-refractivity contribution < 1.29 is 36.0 Å². The first-order valence-corrected chi connectivity index (χ1v) is 18.5. The molecule has 0 aromatic heterocycles. The number of para-hydroxylation sites is 2. The molecule has 0 aliphatic rings. The van der Waals surface area contributed by atoms with Crippen molar-refractivity contribution in [3.8, 4) is 0 Å². The Hall–Kier alpha value is -6.92. The first kappa shape index (κ1) is 37.3. The Morgan fingerprint density at radius 2 is 0.698 bits per heavy atom. The molecule has 0 aliphatic carbocycles. The number of hydrogen-bond acceptors (Lipinski definition) is 8. The number of carbonyl (C=O) groups is 4. The number of sulfonamides is 2. The van der Waals surface area contributed by atoms with Crippen molar-refractivity contribution in [2.24, 2.45) is 0 Å². The summed E-state index contributed by atoms with van der Waals surface area (Å²) >= 11 is 0. The van der Waals surface area contributed by atoms with Gasteiger partial charge in [-0.1, -0.05) is 42.5 Å². The Labute approximate surface area is 304 Å². The minimum atomic E-state index is -4.34. The van der Waals surface area contributed by atoms with E-state index < -0.39 is 44.2 Å². The van der Waals surface area contributed by atoms with E-state index in [0.717, 1.165) is 0 Å². The molecule has 53 heavy (non-hydrogen) atoms. The molecule has 0 saturated heterocycles. The molecule has 0 radical (unpaired) electrons. The molecular weight excluding hydrogens is 725 g/mol. The smallest absolute Gasteiger partial charge is 0.308 e. The van der Waals surface area contributed by atoms with Gasteiger partial charge in [-0.15, -0.1) is 0 Å². The lowest BCUT2D eigenvalue weighted by molar-refractivity contribution is 0.255. The minimum Gasteiger partial charge on any atom is -0.308 e. The number of carbonyl (C=O) groups excluding carboxylic acids is 4. The van der Waals surface area contributed by atoms with E-state index in [9.17, 15) is 36.0 Å². The summed E-state index contributed by atoms with van der Waals surface area (Å²) in [5.41, 5.74) is 2.23. The van der Waals surface area contributed by atoms with Gasteiger partial charge in [-0.2, -0.15) is 0 Å². The summed E-state index contributed by atoms with van der Waals surface area (Å²) in [6.45, 7) is 1.51. The van der Waals surface area contributed by atoms with Crippen molar-refractivity contribution >= 4 is 78.3 Å². The predicted molar refractivity (Wildman–Crippen MR) is 201 cm³/mol. The molecule has 16 nitrogen and oxygen atoms in total. The van der Waals surface area contributed by atoms with E-state index >= 15 is 0 Å². The Morgan fingerprint density at radius 1 is 0.377 bits per heavy atom. The summed E-state index contributed by atoms with van der Waals surface area (Å²) in [6.07, 6.45) is 0. The molecule has 0 saturated carbocycles. The summed E-state index contributed by atoms with van der Waals surface area (Å²) in [7, 11) is -8.69. The lowest BCUT2D eigenvalue weighted by atomic mass is 10.1. The van der Waals surface area contributed by atoms with Crippen molar-refractivity contribution in [3.63, 3.8) is 0 Å². The van der Waals surface area contributed by atoms with Crippen molar-refractivity contribution in [3.05, 3.63) is 133 Å². The molecule has 0 fully saturated rings. The van der Waals surface area contributed by atoms with Crippen LogP contribution in [-0.2, 0) is 20.0 Å². The van der Waals surface area contributed by atoms with E-state index in [-0.39, 0.29) is 26.7 Å². The van der Waals surface area contributed by atoms with Gasteiger partial charge in [0, 0.05) is 34.1 Å². The van der Waals surface area contributed by atoms with Gasteiger partial charge < -0.3 is 31.9 Å². The number of rotatable bonds is 10. The molecule has 5 rings (SSSR count). The van der Waals surface area contributed by atoms with Gasteiger partial charge in [-0.25, -0.2) is 45.5 Å². The van der Waals surface area contributed by atoms with Crippen LogP contribution in [0.2, 0.25) is 0 Å². The van der Waals surface area contributed by atoms with Crippen LogP contribution in [0.4, 0.5) is 53.3 Å². The molecule has 8 N–H and O–H groups in total. The second kappa shape index (κ2) is 16.4. The highest BCUT2D eigenvalue weighted by Gasteiger charge is 2.21. The zero-order valence-corrected chi connectivity index (χ0v) is 29.3. The second-order valence-corrected chi connectivity index (χ2v) is 14.4. The van der Waals surface area contributed by atoms with E-state index in [2.05, 4.69) is 31.9 Å².